The molecule has 0 bridgehead atoms. The summed E-state index contributed by atoms with van der Waals surface area (Å²) < 4.78 is 0. The van der Waals surface area contributed by atoms with E-state index in [9.17, 15) is 4.79 Å². The lowest BCUT2D eigenvalue weighted by atomic mass is 10.0. The van der Waals surface area contributed by atoms with Crippen molar-refractivity contribution in [2.45, 2.75) is 47.1 Å². The largest absolute Gasteiger partial charge is 0.395 e. The van der Waals surface area contributed by atoms with Gasteiger partial charge in [-0.05, 0) is 17.3 Å². The number of nitrogen functional groups attached to an aromatic ring is 1. The molecule has 0 unspecified atom stereocenters. The summed E-state index contributed by atoms with van der Waals surface area (Å²) in [6, 6.07) is 0.165. The predicted octanol–water partition coefficient (Wildman–Crippen LogP) is 1.72. The van der Waals surface area contributed by atoms with E-state index in [0.29, 0.717) is 11.4 Å². The lowest BCUT2D eigenvalue weighted by molar-refractivity contribution is 0.0939. The first-order valence-electron chi connectivity index (χ1n) is 6.37. The summed E-state index contributed by atoms with van der Waals surface area (Å²) in [6.45, 7) is 10.6. The number of hydrogen-bond donors (Lipinski definition) is 3. The Hall–Kier alpha value is -1.52. The van der Waals surface area contributed by atoms with Gasteiger partial charge in [-0.15, -0.1) is 0 Å². The zero-order valence-electron chi connectivity index (χ0n) is 11.7. The van der Waals surface area contributed by atoms with Crippen LogP contribution in [0.4, 0.5) is 5.69 Å². The molecule has 18 heavy (non-hydrogen) atoms. The number of aromatic amines is 1. The number of nitrogens with two attached hydrogens (primary N) is 1. The summed E-state index contributed by atoms with van der Waals surface area (Å²) in [7, 11) is 0. The molecular weight excluding hydrogens is 228 g/mol. The topological polar surface area (TPSA) is 83.8 Å². The van der Waals surface area contributed by atoms with Crippen molar-refractivity contribution < 1.29 is 4.79 Å². The number of hydrogen-bond acceptors (Lipinski definition) is 3. The smallest absolute Gasteiger partial charge is 0.274 e. The predicted molar refractivity (Wildman–Crippen MR) is 71.2 cm³/mol. The summed E-state index contributed by atoms with van der Waals surface area (Å²) in [5.41, 5.74) is 7.71. The molecule has 1 aromatic rings. The second-order valence-electron chi connectivity index (χ2n) is 6.17. The van der Waals surface area contributed by atoms with Crippen LogP contribution in [0.1, 0.15) is 50.8 Å². The molecular formula is C13H22N4O. The molecule has 1 aliphatic carbocycles. The molecule has 0 aromatic carbocycles. The SMILES string of the molecule is CCc1[nH]nc(C(=O)NC2C(C)(C)C2(C)C)c1N. The highest BCUT2D eigenvalue weighted by atomic mass is 16.2. The molecule has 0 aliphatic heterocycles. The van der Waals surface area contributed by atoms with E-state index in [-0.39, 0.29) is 22.8 Å². The van der Waals surface area contributed by atoms with Crippen LogP contribution in [0, 0.1) is 10.8 Å². The monoisotopic (exact) mass is 250 g/mol. The maximum Gasteiger partial charge on any atom is 0.274 e. The van der Waals surface area contributed by atoms with Crippen molar-refractivity contribution in [3.05, 3.63) is 11.4 Å². The normalized spacial score (nSPS) is 20.7. The number of carbonyl (C=O) groups is 1. The van der Waals surface area contributed by atoms with Crippen LogP contribution in [-0.2, 0) is 6.42 Å². The van der Waals surface area contributed by atoms with E-state index in [1.54, 1.807) is 0 Å². The fourth-order valence-electron chi connectivity index (χ4n) is 2.59. The first-order chi connectivity index (χ1) is 8.23. The maximum absolute atomic E-state index is 12.1. The first kappa shape index (κ1) is 12.9. The van der Waals surface area contributed by atoms with Crippen molar-refractivity contribution in [3.63, 3.8) is 0 Å². The van der Waals surface area contributed by atoms with Gasteiger partial charge >= 0.3 is 0 Å². The average Bonchev–Trinajstić information content (AvgIpc) is 2.63. The summed E-state index contributed by atoms with van der Waals surface area (Å²) in [6.07, 6.45) is 0.743. The number of nitrogens with one attached hydrogen (secondary N) is 2. The maximum atomic E-state index is 12.1. The Morgan fingerprint density at radius 2 is 1.94 bits per heavy atom. The van der Waals surface area contributed by atoms with Crippen LogP contribution in [0.2, 0.25) is 0 Å². The molecule has 5 heteroatoms. The quantitative estimate of drug-likeness (QED) is 0.763. The van der Waals surface area contributed by atoms with Crippen LogP contribution < -0.4 is 11.1 Å². The van der Waals surface area contributed by atoms with E-state index < -0.39 is 0 Å². The Kier molecular flexibility index (Phi) is 2.68. The molecule has 0 saturated heterocycles. The molecule has 5 nitrogen and oxygen atoms in total. The summed E-state index contributed by atoms with van der Waals surface area (Å²) in [5.74, 6) is -0.188. The molecule has 1 amide bonds. The molecule has 0 radical (unpaired) electrons. The minimum Gasteiger partial charge on any atom is -0.395 e. The molecule has 1 heterocycles. The lowest BCUT2D eigenvalue weighted by Crippen LogP contribution is -2.30. The average molecular weight is 250 g/mol. The molecule has 100 valence electrons. The fraction of sp³-hybridized carbons (Fsp3) is 0.692. The minimum atomic E-state index is -0.188. The van der Waals surface area contributed by atoms with Gasteiger partial charge in [-0.2, -0.15) is 5.10 Å². The molecule has 4 N–H and O–H groups in total. The second-order valence-corrected chi connectivity index (χ2v) is 6.17. The van der Waals surface area contributed by atoms with Gasteiger partial charge < -0.3 is 11.1 Å². The molecule has 1 aromatic heterocycles. The Bertz CT molecular complexity index is 473. The molecule has 2 rings (SSSR count). The fourth-order valence-corrected chi connectivity index (χ4v) is 2.59. The number of carbonyl (C=O) groups excluding carboxylic acids is 1. The molecule has 1 fully saturated rings. The Morgan fingerprint density at radius 3 is 2.33 bits per heavy atom. The summed E-state index contributed by atoms with van der Waals surface area (Å²) in [5, 5.41) is 9.83. The number of anilines is 1. The Morgan fingerprint density at radius 1 is 1.39 bits per heavy atom. The van der Waals surface area contributed by atoms with Gasteiger partial charge in [-0.1, -0.05) is 34.6 Å². The van der Waals surface area contributed by atoms with Crippen LogP contribution in [0.3, 0.4) is 0 Å². The first-order valence-corrected chi connectivity index (χ1v) is 6.37. The van der Waals surface area contributed by atoms with Crippen molar-refractivity contribution in [1.82, 2.24) is 15.5 Å². The number of aromatic nitrogens is 2. The van der Waals surface area contributed by atoms with Crippen LogP contribution in [0.5, 0.6) is 0 Å². The van der Waals surface area contributed by atoms with Crippen molar-refractivity contribution in [3.8, 4) is 0 Å². The highest BCUT2D eigenvalue weighted by molar-refractivity contribution is 5.98. The third kappa shape index (κ3) is 1.61. The van der Waals surface area contributed by atoms with E-state index in [1.165, 1.54) is 0 Å². The van der Waals surface area contributed by atoms with Crippen LogP contribution in [0.25, 0.3) is 0 Å². The van der Waals surface area contributed by atoms with Gasteiger partial charge in [0.15, 0.2) is 5.69 Å². The summed E-state index contributed by atoms with van der Waals surface area (Å²) >= 11 is 0. The zero-order chi connectivity index (χ0) is 13.7. The van der Waals surface area contributed by atoms with Gasteiger partial charge in [0.05, 0.1) is 11.4 Å². The standard InChI is InChI=1S/C13H22N4O/c1-6-7-8(14)9(17-16-7)10(18)15-11-12(2,3)13(11,4)5/h11H,6,14H2,1-5H3,(H,15,18)(H,16,17). The van der Waals surface area contributed by atoms with E-state index >= 15 is 0 Å². The number of amides is 1. The van der Waals surface area contributed by atoms with Crippen molar-refractivity contribution in [2.75, 3.05) is 5.73 Å². The van der Waals surface area contributed by atoms with Gasteiger partial charge in [-0.3, -0.25) is 9.89 Å². The van der Waals surface area contributed by atoms with Crippen molar-refractivity contribution in [2.24, 2.45) is 10.8 Å². The highest BCUT2D eigenvalue weighted by Gasteiger charge is 2.65. The highest BCUT2D eigenvalue weighted by Crippen LogP contribution is 2.62. The van der Waals surface area contributed by atoms with Gasteiger partial charge in [-0.25, -0.2) is 0 Å². The van der Waals surface area contributed by atoms with Crippen LogP contribution in [0.15, 0.2) is 0 Å². The van der Waals surface area contributed by atoms with Crippen LogP contribution in [-0.4, -0.2) is 22.1 Å². The van der Waals surface area contributed by atoms with Gasteiger partial charge in [0.1, 0.15) is 0 Å². The zero-order valence-corrected chi connectivity index (χ0v) is 11.7. The summed E-state index contributed by atoms with van der Waals surface area (Å²) in [4.78, 5) is 12.1. The third-order valence-corrected chi connectivity index (χ3v) is 4.75. The second kappa shape index (κ2) is 3.73. The number of rotatable bonds is 3. The third-order valence-electron chi connectivity index (χ3n) is 4.75. The Balaban J connectivity index is 2.13. The molecule has 0 spiro atoms. The van der Waals surface area contributed by atoms with E-state index in [4.69, 9.17) is 5.73 Å². The Labute approximate surface area is 108 Å². The number of H-pyrrole nitrogens is 1. The minimum absolute atomic E-state index is 0.112. The number of aryl methyl sites for hydroxylation is 1. The van der Waals surface area contributed by atoms with Gasteiger partial charge in [0.2, 0.25) is 0 Å². The van der Waals surface area contributed by atoms with Crippen LogP contribution >= 0.6 is 0 Å². The van der Waals surface area contributed by atoms with E-state index in [1.807, 2.05) is 6.92 Å². The molecule has 0 atom stereocenters. The molecule has 1 saturated carbocycles. The van der Waals surface area contributed by atoms with E-state index in [0.717, 1.165) is 12.1 Å². The van der Waals surface area contributed by atoms with Gasteiger partial charge in [0, 0.05) is 6.04 Å². The lowest BCUT2D eigenvalue weighted by Gasteiger charge is -2.05. The van der Waals surface area contributed by atoms with E-state index in [2.05, 4.69) is 43.2 Å². The molecule has 1 aliphatic rings. The van der Waals surface area contributed by atoms with Crippen molar-refractivity contribution in [1.29, 1.82) is 0 Å². The van der Waals surface area contributed by atoms with Gasteiger partial charge in [0.25, 0.3) is 5.91 Å². The number of nitrogens with zero attached hydrogens (tertiary/aromatic N) is 1. The van der Waals surface area contributed by atoms with Crippen molar-refractivity contribution >= 4 is 11.6 Å².